The molecule has 0 saturated heterocycles. The van der Waals surface area contributed by atoms with Crippen molar-refractivity contribution in [3.05, 3.63) is 63.6 Å². The van der Waals surface area contributed by atoms with Crippen molar-refractivity contribution in [2.24, 2.45) is 0 Å². The molecule has 156 valence electrons. The zero-order valence-electron chi connectivity index (χ0n) is 16.8. The Kier molecular flexibility index (Phi) is 9.89. The van der Waals surface area contributed by atoms with Crippen molar-refractivity contribution in [3.63, 3.8) is 0 Å². The molecule has 2 aromatic rings. The molecule has 0 radical (unpaired) electrons. The van der Waals surface area contributed by atoms with Gasteiger partial charge in [0.1, 0.15) is 0 Å². The van der Waals surface area contributed by atoms with Crippen LogP contribution in [0.3, 0.4) is 0 Å². The predicted molar refractivity (Wildman–Crippen MR) is 120 cm³/mol. The van der Waals surface area contributed by atoms with Gasteiger partial charge in [0, 0.05) is 22.7 Å². The molecule has 0 aliphatic rings. The lowest BCUT2D eigenvalue weighted by Gasteiger charge is -2.13. The number of hydrogen-bond acceptors (Lipinski definition) is 3. The second kappa shape index (κ2) is 12.4. The Hall–Kier alpha value is -2.17. The lowest BCUT2D eigenvalue weighted by Crippen LogP contribution is -2.23. The zero-order valence-corrected chi connectivity index (χ0v) is 18.4. The summed E-state index contributed by atoms with van der Waals surface area (Å²) in [4.78, 5) is 12.1. The largest absolute Gasteiger partial charge is 0.490 e. The lowest BCUT2D eigenvalue weighted by molar-refractivity contribution is -0.116. The summed E-state index contributed by atoms with van der Waals surface area (Å²) < 4.78 is 11.6. The minimum absolute atomic E-state index is 0.179. The molecule has 2 aromatic carbocycles. The Bertz CT molecular complexity index is 837. The third kappa shape index (κ3) is 8.00. The lowest BCUT2D eigenvalue weighted by atomic mass is 10.1. The van der Waals surface area contributed by atoms with E-state index in [4.69, 9.17) is 32.7 Å². The van der Waals surface area contributed by atoms with Crippen LogP contribution in [0.15, 0.2) is 42.5 Å². The van der Waals surface area contributed by atoms with Crippen molar-refractivity contribution >= 4 is 35.2 Å². The van der Waals surface area contributed by atoms with Crippen LogP contribution in [0.25, 0.3) is 6.08 Å². The van der Waals surface area contributed by atoms with Gasteiger partial charge in [0.25, 0.3) is 0 Å². The molecule has 4 nitrogen and oxygen atoms in total. The minimum atomic E-state index is -0.179. The van der Waals surface area contributed by atoms with Gasteiger partial charge in [-0.1, -0.05) is 49.2 Å². The molecular formula is C23H27Cl2NO3. The number of nitrogens with one attached hydrogen (secondary N) is 1. The van der Waals surface area contributed by atoms with Crippen molar-refractivity contribution in [2.75, 3.05) is 19.8 Å². The molecule has 0 atom stereocenters. The Morgan fingerprint density at radius 1 is 1.00 bits per heavy atom. The molecule has 0 aliphatic carbocycles. The Morgan fingerprint density at radius 2 is 1.72 bits per heavy atom. The van der Waals surface area contributed by atoms with Gasteiger partial charge in [-0.15, -0.1) is 0 Å². The van der Waals surface area contributed by atoms with Crippen LogP contribution < -0.4 is 14.8 Å². The first-order valence-electron chi connectivity index (χ1n) is 9.83. The second-order valence-corrected chi connectivity index (χ2v) is 7.36. The SMILES string of the molecule is CCCOc1ccc(CCNC(=O)/C=C/c2ccc(Cl)cc2Cl)cc1OCCC. The molecule has 2 rings (SSSR count). The quantitative estimate of drug-likeness (QED) is 0.444. The van der Waals surface area contributed by atoms with Gasteiger partial charge in [0.05, 0.1) is 13.2 Å². The molecule has 29 heavy (non-hydrogen) atoms. The van der Waals surface area contributed by atoms with E-state index in [1.165, 1.54) is 6.08 Å². The van der Waals surface area contributed by atoms with Crippen molar-refractivity contribution in [1.29, 1.82) is 0 Å². The minimum Gasteiger partial charge on any atom is -0.490 e. The van der Waals surface area contributed by atoms with Gasteiger partial charge >= 0.3 is 0 Å². The molecule has 0 aliphatic heterocycles. The normalized spacial score (nSPS) is 10.9. The number of ether oxygens (including phenoxy) is 2. The molecule has 6 heteroatoms. The van der Waals surface area contributed by atoms with Crippen LogP contribution in [0, 0.1) is 0 Å². The van der Waals surface area contributed by atoms with Crippen LogP contribution >= 0.6 is 23.2 Å². The van der Waals surface area contributed by atoms with Crippen LogP contribution in [-0.2, 0) is 11.2 Å². The van der Waals surface area contributed by atoms with E-state index in [2.05, 4.69) is 19.2 Å². The van der Waals surface area contributed by atoms with Crippen molar-refractivity contribution in [2.45, 2.75) is 33.1 Å². The standard InChI is InChI=1S/C23H27Cl2NO3/c1-3-13-28-21-9-5-17(15-22(21)29-14-4-2)11-12-26-23(27)10-7-18-6-8-19(24)16-20(18)25/h5-10,15-16H,3-4,11-14H2,1-2H3,(H,26,27)/b10-7+. The van der Waals surface area contributed by atoms with E-state index in [-0.39, 0.29) is 5.91 Å². The Balaban J connectivity index is 1.89. The highest BCUT2D eigenvalue weighted by atomic mass is 35.5. The van der Waals surface area contributed by atoms with Gasteiger partial charge in [-0.2, -0.15) is 0 Å². The number of hydrogen-bond donors (Lipinski definition) is 1. The molecule has 0 spiro atoms. The van der Waals surface area contributed by atoms with Gasteiger partial charge in [0.15, 0.2) is 11.5 Å². The van der Waals surface area contributed by atoms with Crippen molar-refractivity contribution < 1.29 is 14.3 Å². The summed E-state index contributed by atoms with van der Waals surface area (Å²) >= 11 is 12.0. The average molecular weight is 436 g/mol. The van der Waals surface area contributed by atoms with Crippen LogP contribution in [0.1, 0.15) is 37.8 Å². The second-order valence-electron chi connectivity index (χ2n) is 6.52. The van der Waals surface area contributed by atoms with Crippen molar-refractivity contribution in [3.8, 4) is 11.5 Å². The van der Waals surface area contributed by atoms with E-state index < -0.39 is 0 Å². The number of benzene rings is 2. The van der Waals surface area contributed by atoms with E-state index in [1.54, 1.807) is 24.3 Å². The highest BCUT2D eigenvalue weighted by Gasteiger charge is 2.07. The van der Waals surface area contributed by atoms with E-state index in [1.807, 2.05) is 18.2 Å². The fourth-order valence-corrected chi connectivity index (χ4v) is 3.03. The highest BCUT2D eigenvalue weighted by molar-refractivity contribution is 6.35. The molecule has 0 unspecified atom stereocenters. The number of carbonyl (C=O) groups is 1. The highest BCUT2D eigenvalue weighted by Crippen LogP contribution is 2.29. The van der Waals surface area contributed by atoms with Crippen LogP contribution in [0.4, 0.5) is 0 Å². The molecule has 0 bridgehead atoms. The molecular weight excluding hydrogens is 409 g/mol. The Morgan fingerprint density at radius 3 is 2.41 bits per heavy atom. The summed E-state index contributed by atoms with van der Waals surface area (Å²) in [5.74, 6) is 1.33. The fourth-order valence-electron chi connectivity index (χ4n) is 2.56. The maximum Gasteiger partial charge on any atom is 0.244 e. The molecule has 0 aromatic heterocycles. The maximum absolute atomic E-state index is 12.1. The van der Waals surface area contributed by atoms with Gasteiger partial charge in [-0.25, -0.2) is 0 Å². The summed E-state index contributed by atoms with van der Waals surface area (Å²) in [7, 11) is 0. The number of halogens is 2. The molecule has 0 saturated carbocycles. The van der Waals surface area contributed by atoms with Gasteiger partial charge in [-0.05, 0) is 60.7 Å². The first-order chi connectivity index (χ1) is 14.0. The summed E-state index contributed by atoms with van der Waals surface area (Å²) in [6, 6.07) is 11.1. The van der Waals surface area contributed by atoms with Crippen molar-refractivity contribution in [1.82, 2.24) is 5.32 Å². The van der Waals surface area contributed by atoms with Crippen LogP contribution in [0.2, 0.25) is 10.0 Å². The smallest absolute Gasteiger partial charge is 0.244 e. The topological polar surface area (TPSA) is 47.6 Å². The van der Waals surface area contributed by atoms with Gasteiger partial charge < -0.3 is 14.8 Å². The van der Waals surface area contributed by atoms with Gasteiger partial charge in [-0.3, -0.25) is 4.79 Å². The zero-order chi connectivity index (χ0) is 21.1. The molecule has 0 heterocycles. The molecule has 0 fully saturated rings. The molecule has 1 N–H and O–H groups in total. The number of rotatable bonds is 11. The number of carbonyl (C=O) groups excluding carboxylic acids is 1. The third-order valence-corrected chi connectivity index (χ3v) is 4.58. The van der Waals surface area contributed by atoms with Crippen LogP contribution in [0.5, 0.6) is 11.5 Å². The summed E-state index contributed by atoms with van der Waals surface area (Å²) in [5.41, 5.74) is 1.82. The maximum atomic E-state index is 12.1. The fraction of sp³-hybridized carbons (Fsp3) is 0.348. The Labute approximate surface area is 182 Å². The first-order valence-corrected chi connectivity index (χ1v) is 10.6. The van der Waals surface area contributed by atoms with E-state index in [0.717, 1.165) is 35.5 Å². The van der Waals surface area contributed by atoms with E-state index in [0.29, 0.717) is 36.2 Å². The van der Waals surface area contributed by atoms with Gasteiger partial charge in [0.2, 0.25) is 5.91 Å². The first kappa shape index (κ1) is 23.1. The monoisotopic (exact) mass is 435 g/mol. The molecule has 1 amide bonds. The van der Waals surface area contributed by atoms with Crippen LogP contribution in [-0.4, -0.2) is 25.7 Å². The van der Waals surface area contributed by atoms with E-state index >= 15 is 0 Å². The van der Waals surface area contributed by atoms with E-state index in [9.17, 15) is 4.79 Å². The number of amides is 1. The predicted octanol–water partition coefficient (Wildman–Crippen LogP) is 5.94. The summed E-state index contributed by atoms with van der Waals surface area (Å²) in [6.07, 6.45) is 5.70. The average Bonchev–Trinajstić information content (AvgIpc) is 2.70. The summed E-state index contributed by atoms with van der Waals surface area (Å²) in [5, 5.41) is 3.94. The third-order valence-electron chi connectivity index (χ3n) is 4.02. The summed E-state index contributed by atoms with van der Waals surface area (Å²) in [6.45, 7) is 5.94.